The maximum Gasteiger partial charge on any atom is 0.214 e. The number of hydrogen-bond donors (Lipinski definition) is 0. The molecule has 4 heteroatoms. The topological polar surface area (TPSA) is 18.7 Å². The van der Waals surface area contributed by atoms with E-state index in [1.165, 1.54) is 50.8 Å². The number of para-hydroxylation sites is 2. The smallest absolute Gasteiger partial charge is 0.214 e. The molecule has 41 heavy (non-hydrogen) atoms. The van der Waals surface area contributed by atoms with Gasteiger partial charge in [0.1, 0.15) is 13.2 Å². The normalized spacial score (nSPS) is 24.8. The second-order valence-corrected chi connectivity index (χ2v) is 12.4. The molecule has 2 aromatic rings. The molecule has 0 bridgehead atoms. The molecule has 0 amide bonds. The summed E-state index contributed by atoms with van der Waals surface area (Å²) in [4.78, 5) is 4.94. The molecule has 212 valence electrons. The van der Waals surface area contributed by atoms with Crippen LogP contribution in [-0.2, 0) is 15.6 Å². The van der Waals surface area contributed by atoms with Gasteiger partial charge < -0.3 is 14.5 Å². The molecule has 0 radical (unpaired) electrons. The van der Waals surface area contributed by atoms with Crippen molar-refractivity contribution in [2.75, 3.05) is 49.2 Å². The van der Waals surface area contributed by atoms with Crippen LogP contribution < -0.4 is 9.80 Å². The minimum Gasteiger partial charge on any atom is -0.368 e. The van der Waals surface area contributed by atoms with Crippen molar-refractivity contribution in [3.8, 4) is 0 Å². The second kappa shape index (κ2) is 10.6. The van der Waals surface area contributed by atoms with E-state index < -0.39 is 0 Å². The third-order valence-corrected chi connectivity index (χ3v) is 9.39. The van der Waals surface area contributed by atoms with E-state index in [-0.39, 0.29) is 10.8 Å². The van der Waals surface area contributed by atoms with Crippen LogP contribution in [0.3, 0.4) is 0 Å². The van der Waals surface area contributed by atoms with Crippen LogP contribution in [0.2, 0.25) is 0 Å². The fraction of sp³-hybridized carbons (Fsp3) is 0.378. The zero-order chi connectivity index (χ0) is 28.8. The molecule has 4 aliphatic rings. The van der Waals surface area contributed by atoms with Gasteiger partial charge in [0.15, 0.2) is 13.1 Å². The number of nitrogens with zero attached hydrogens (tertiary/aromatic N) is 3. The van der Waals surface area contributed by atoms with Crippen LogP contribution >= 0.6 is 0 Å². The molecule has 0 unspecified atom stereocenters. The van der Waals surface area contributed by atoms with E-state index in [0.29, 0.717) is 0 Å². The highest BCUT2D eigenvalue weighted by atomic mass is 16.5. The number of benzene rings is 2. The van der Waals surface area contributed by atoms with E-state index in [9.17, 15) is 0 Å². The predicted octanol–water partition coefficient (Wildman–Crippen LogP) is 7.30. The van der Waals surface area contributed by atoms with Gasteiger partial charge in [-0.1, -0.05) is 64.1 Å². The zero-order valence-electron chi connectivity index (χ0n) is 25.6. The molecule has 4 nitrogen and oxygen atoms in total. The Morgan fingerprint density at radius 1 is 0.683 bits per heavy atom. The van der Waals surface area contributed by atoms with E-state index >= 15 is 0 Å². The van der Waals surface area contributed by atoms with Crippen LogP contribution in [0.5, 0.6) is 0 Å². The van der Waals surface area contributed by atoms with Gasteiger partial charge in [0.25, 0.3) is 0 Å². The SMILES string of the molecule is CCN1C(=CC=C2C=CC(=CC=C3N(CC)c4ccccc4C3(C)C)C2=[N+]2CCOCC2)C(C)(C)c2ccccc21. The van der Waals surface area contributed by atoms with Crippen molar-refractivity contribution < 1.29 is 9.31 Å². The molecule has 2 aromatic carbocycles. The number of rotatable bonds is 4. The summed E-state index contributed by atoms with van der Waals surface area (Å²) in [6.45, 7) is 19.2. The van der Waals surface area contributed by atoms with Crippen molar-refractivity contribution in [2.24, 2.45) is 0 Å². The number of anilines is 2. The Labute approximate surface area is 246 Å². The van der Waals surface area contributed by atoms with E-state index in [1.807, 2.05) is 0 Å². The number of hydrogen-bond acceptors (Lipinski definition) is 3. The lowest BCUT2D eigenvalue weighted by molar-refractivity contribution is -0.548. The van der Waals surface area contributed by atoms with Crippen molar-refractivity contribution in [3.63, 3.8) is 0 Å². The first-order valence-corrected chi connectivity index (χ1v) is 15.3. The fourth-order valence-corrected chi connectivity index (χ4v) is 7.23. The maximum atomic E-state index is 5.74. The quantitative estimate of drug-likeness (QED) is 0.375. The van der Waals surface area contributed by atoms with Crippen LogP contribution in [0.1, 0.15) is 52.7 Å². The average molecular weight is 547 g/mol. The standard InChI is InChI=1S/C37H44N3O/c1-7-39-31-15-11-9-13-29(31)36(3,4)33(39)21-19-27-17-18-28(35(27)38-23-25-41-26-24-38)20-22-34-37(5,6)30-14-10-12-16-32(30)40(34)8-2/h9-22H,7-8,23-26H2,1-6H3/q+1. The van der Waals surface area contributed by atoms with Gasteiger partial charge in [-0.05, 0) is 73.6 Å². The first kappa shape index (κ1) is 27.5. The summed E-state index contributed by atoms with van der Waals surface area (Å²) in [6.07, 6.45) is 14.0. The Bertz CT molecular complexity index is 1430. The van der Waals surface area contributed by atoms with Gasteiger partial charge in [-0.2, -0.15) is 0 Å². The van der Waals surface area contributed by atoms with Crippen LogP contribution in [0.4, 0.5) is 11.4 Å². The molecule has 1 fully saturated rings. The highest BCUT2D eigenvalue weighted by molar-refractivity contribution is 6.16. The molecule has 1 aliphatic carbocycles. The third kappa shape index (κ3) is 4.53. The van der Waals surface area contributed by atoms with E-state index in [4.69, 9.17) is 4.74 Å². The van der Waals surface area contributed by atoms with Gasteiger partial charge in [-0.25, -0.2) is 4.58 Å². The molecule has 0 aromatic heterocycles. The van der Waals surface area contributed by atoms with Crippen LogP contribution in [0.25, 0.3) is 0 Å². The largest absolute Gasteiger partial charge is 0.368 e. The van der Waals surface area contributed by atoms with Crippen molar-refractivity contribution >= 4 is 17.1 Å². The molecule has 6 rings (SSSR count). The molecule has 0 atom stereocenters. The molecule has 0 saturated carbocycles. The monoisotopic (exact) mass is 546 g/mol. The van der Waals surface area contributed by atoms with Crippen molar-refractivity contribution in [2.45, 2.75) is 52.4 Å². The summed E-state index contributed by atoms with van der Waals surface area (Å²) in [6, 6.07) is 17.7. The number of allylic oxidation sites excluding steroid dienone is 10. The first-order valence-electron chi connectivity index (χ1n) is 15.3. The summed E-state index contributed by atoms with van der Waals surface area (Å²) >= 11 is 0. The molecule has 0 spiro atoms. The lowest BCUT2D eigenvalue weighted by Gasteiger charge is -2.26. The summed E-state index contributed by atoms with van der Waals surface area (Å²) in [7, 11) is 0. The van der Waals surface area contributed by atoms with Crippen molar-refractivity contribution in [3.05, 3.63) is 119 Å². The van der Waals surface area contributed by atoms with Crippen molar-refractivity contribution in [1.82, 2.24) is 0 Å². The molecule has 1 saturated heterocycles. The Hall–Kier alpha value is -3.63. The highest BCUT2D eigenvalue weighted by Crippen LogP contribution is 2.48. The minimum absolute atomic E-state index is 0.0408. The molecular formula is C37H44N3O+. The number of likely N-dealkylation sites (N-methyl/N-ethyl adjacent to an activating group) is 2. The lowest BCUT2D eigenvalue weighted by Crippen LogP contribution is -2.33. The second-order valence-electron chi connectivity index (χ2n) is 12.4. The summed E-state index contributed by atoms with van der Waals surface area (Å²) in [5, 5.41) is 0. The first-order chi connectivity index (χ1) is 19.8. The van der Waals surface area contributed by atoms with Gasteiger partial charge >= 0.3 is 0 Å². The summed E-state index contributed by atoms with van der Waals surface area (Å²) in [5.74, 6) is 0. The molecule has 3 heterocycles. The van der Waals surface area contributed by atoms with Crippen LogP contribution in [0, 0.1) is 0 Å². The average Bonchev–Trinajstić information content (AvgIpc) is 3.56. The van der Waals surface area contributed by atoms with Gasteiger partial charge in [0, 0.05) is 57.8 Å². The maximum absolute atomic E-state index is 5.74. The molecule has 3 aliphatic heterocycles. The van der Waals surface area contributed by atoms with E-state index in [2.05, 4.69) is 141 Å². The van der Waals surface area contributed by atoms with Gasteiger partial charge in [-0.15, -0.1) is 0 Å². The number of morpholine rings is 1. The molecular weight excluding hydrogens is 502 g/mol. The number of fused-ring (bicyclic) bond motifs is 2. The highest BCUT2D eigenvalue weighted by Gasteiger charge is 2.40. The van der Waals surface area contributed by atoms with Gasteiger partial charge in [0.05, 0.1) is 0 Å². The summed E-state index contributed by atoms with van der Waals surface area (Å²) < 4.78 is 8.25. The van der Waals surface area contributed by atoms with E-state index in [0.717, 1.165) is 39.4 Å². The fourth-order valence-electron chi connectivity index (χ4n) is 7.23. The minimum atomic E-state index is -0.0408. The number of ether oxygens (including phenoxy) is 1. The van der Waals surface area contributed by atoms with Crippen molar-refractivity contribution in [1.29, 1.82) is 0 Å². The third-order valence-electron chi connectivity index (χ3n) is 9.39. The Kier molecular flexibility index (Phi) is 7.15. The summed E-state index contributed by atoms with van der Waals surface area (Å²) in [5.41, 5.74) is 11.9. The van der Waals surface area contributed by atoms with E-state index in [1.54, 1.807) is 0 Å². The lowest BCUT2D eigenvalue weighted by atomic mass is 9.83. The van der Waals surface area contributed by atoms with Gasteiger partial charge in [0.2, 0.25) is 5.71 Å². The van der Waals surface area contributed by atoms with Crippen LogP contribution in [0.15, 0.2) is 108 Å². The predicted molar refractivity (Wildman–Crippen MR) is 172 cm³/mol. The Balaban J connectivity index is 1.41. The Morgan fingerprint density at radius 2 is 1.12 bits per heavy atom. The van der Waals surface area contributed by atoms with Gasteiger partial charge in [-0.3, -0.25) is 0 Å². The Morgan fingerprint density at radius 3 is 1.56 bits per heavy atom. The molecule has 0 N–H and O–H groups in total. The van der Waals surface area contributed by atoms with Crippen LogP contribution in [-0.4, -0.2) is 49.7 Å². The zero-order valence-corrected chi connectivity index (χ0v) is 25.6.